The fourth-order valence-corrected chi connectivity index (χ4v) is 4.11. The maximum atomic E-state index is 12.0. The highest BCUT2D eigenvalue weighted by molar-refractivity contribution is 7.91. The van der Waals surface area contributed by atoms with E-state index in [4.69, 9.17) is 5.11 Å². The fourth-order valence-electron chi connectivity index (χ4n) is 1.70. The summed E-state index contributed by atoms with van der Waals surface area (Å²) in [5.41, 5.74) is 0. The third kappa shape index (κ3) is 5.19. The van der Waals surface area contributed by atoms with Crippen LogP contribution in [0.15, 0.2) is 16.3 Å². The predicted octanol–water partition coefficient (Wildman–Crippen LogP) is 0.903. The van der Waals surface area contributed by atoms with Crippen LogP contribution in [-0.2, 0) is 16.4 Å². The van der Waals surface area contributed by atoms with Gasteiger partial charge >= 0.3 is 0 Å². The maximum absolute atomic E-state index is 12.0. The van der Waals surface area contributed by atoms with E-state index in [-0.39, 0.29) is 6.61 Å². The van der Waals surface area contributed by atoms with E-state index in [0.29, 0.717) is 23.7 Å². The van der Waals surface area contributed by atoms with Crippen LogP contribution in [-0.4, -0.2) is 51.2 Å². The van der Waals surface area contributed by atoms with Crippen molar-refractivity contribution in [1.82, 2.24) is 9.62 Å². The molecule has 1 heterocycles. The average molecular weight is 306 g/mol. The second-order valence-electron chi connectivity index (χ2n) is 4.12. The highest BCUT2D eigenvalue weighted by Gasteiger charge is 2.16. The lowest BCUT2D eigenvalue weighted by Crippen LogP contribution is -2.34. The third-order valence-electron chi connectivity index (χ3n) is 2.87. The first kappa shape index (κ1) is 16.6. The van der Waals surface area contributed by atoms with E-state index in [0.717, 1.165) is 18.0 Å². The summed E-state index contributed by atoms with van der Waals surface area (Å²) in [6, 6.07) is 3.34. The van der Waals surface area contributed by atoms with Crippen LogP contribution in [0.25, 0.3) is 0 Å². The molecule has 1 rings (SSSR count). The predicted molar refractivity (Wildman–Crippen MR) is 78.1 cm³/mol. The summed E-state index contributed by atoms with van der Waals surface area (Å²) in [4.78, 5) is 3.04. The minimum Gasteiger partial charge on any atom is -0.396 e. The van der Waals surface area contributed by atoms with Crippen molar-refractivity contribution < 1.29 is 13.5 Å². The van der Waals surface area contributed by atoms with Gasteiger partial charge in [0.1, 0.15) is 4.21 Å². The Hall–Kier alpha value is -0.470. The van der Waals surface area contributed by atoms with E-state index in [1.54, 1.807) is 12.1 Å². The van der Waals surface area contributed by atoms with Crippen LogP contribution in [0.2, 0.25) is 0 Å². The summed E-state index contributed by atoms with van der Waals surface area (Å²) in [6.07, 6.45) is 0.500. The smallest absolute Gasteiger partial charge is 0.250 e. The van der Waals surface area contributed by atoms with E-state index in [1.807, 2.05) is 0 Å². The molecule has 2 N–H and O–H groups in total. The zero-order valence-corrected chi connectivity index (χ0v) is 13.1. The van der Waals surface area contributed by atoms with Gasteiger partial charge in [0, 0.05) is 31.0 Å². The summed E-state index contributed by atoms with van der Waals surface area (Å²) < 4.78 is 27.0. The van der Waals surface area contributed by atoms with E-state index >= 15 is 0 Å². The first-order valence-corrected chi connectivity index (χ1v) is 8.75. The molecule has 0 saturated heterocycles. The van der Waals surface area contributed by atoms with Crippen LogP contribution in [0.1, 0.15) is 18.7 Å². The fraction of sp³-hybridized carbons (Fsp3) is 0.667. The molecule has 0 unspecified atom stereocenters. The molecule has 5 nitrogen and oxygen atoms in total. The summed E-state index contributed by atoms with van der Waals surface area (Å²) >= 11 is 1.21. The Morgan fingerprint density at radius 3 is 2.58 bits per heavy atom. The van der Waals surface area contributed by atoms with Gasteiger partial charge in [0.05, 0.1) is 0 Å². The first-order chi connectivity index (χ1) is 9.03. The van der Waals surface area contributed by atoms with Gasteiger partial charge in [-0.05, 0) is 25.2 Å². The van der Waals surface area contributed by atoms with Crippen molar-refractivity contribution in [3.63, 3.8) is 0 Å². The van der Waals surface area contributed by atoms with Crippen molar-refractivity contribution in [2.24, 2.45) is 0 Å². The average Bonchev–Trinajstić information content (AvgIpc) is 2.84. The zero-order chi connectivity index (χ0) is 14.3. The molecule has 1 aromatic rings. The van der Waals surface area contributed by atoms with Gasteiger partial charge in [0.15, 0.2) is 0 Å². The highest BCUT2D eigenvalue weighted by Crippen LogP contribution is 2.21. The molecule has 0 aliphatic rings. The van der Waals surface area contributed by atoms with Crippen molar-refractivity contribution >= 4 is 21.4 Å². The number of nitrogens with zero attached hydrogens (tertiary/aromatic N) is 1. The molecular weight excluding hydrogens is 284 g/mol. The van der Waals surface area contributed by atoms with Gasteiger partial charge in [-0.1, -0.05) is 13.8 Å². The zero-order valence-electron chi connectivity index (χ0n) is 11.4. The normalized spacial score (nSPS) is 12.2. The largest absolute Gasteiger partial charge is 0.396 e. The second-order valence-corrected chi connectivity index (χ2v) is 7.28. The minimum atomic E-state index is -3.41. The Bertz CT molecular complexity index is 467. The van der Waals surface area contributed by atoms with Crippen molar-refractivity contribution in [2.45, 2.75) is 24.5 Å². The Morgan fingerprint density at radius 2 is 2.00 bits per heavy atom. The Morgan fingerprint density at radius 1 is 1.32 bits per heavy atom. The summed E-state index contributed by atoms with van der Waals surface area (Å²) in [7, 11) is -3.41. The molecule has 19 heavy (non-hydrogen) atoms. The maximum Gasteiger partial charge on any atom is 0.250 e. The van der Waals surface area contributed by atoms with E-state index < -0.39 is 10.0 Å². The van der Waals surface area contributed by atoms with Crippen molar-refractivity contribution in [1.29, 1.82) is 0 Å². The molecular formula is C12H22N2O3S2. The van der Waals surface area contributed by atoms with Gasteiger partial charge in [-0.15, -0.1) is 11.3 Å². The van der Waals surface area contributed by atoms with Crippen LogP contribution in [0, 0.1) is 0 Å². The number of likely N-dealkylation sites (N-methyl/N-ethyl adjacent to an activating group) is 1. The van der Waals surface area contributed by atoms with E-state index in [9.17, 15) is 8.42 Å². The molecule has 0 radical (unpaired) electrons. The van der Waals surface area contributed by atoms with Gasteiger partial charge in [0.2, 0.25) is 10.0 Å². The van der Waals surface area contributed by atoms with Gasteiger partial charge in [-0.2, -0.15) is 0 Å². The number of aliphatic hydroxyl groups excluding tert-OH is 1. The molecule has 0 aromatic carbocycles. The van der Waals surface area contributed by atoms with Gasteiger partial charge in [-0.3, -0.25) is 0 Å². The number of sulfonamides is 1. The SMILES string of the molecule is CCN(CC)CCNS(=O)(=O)c1ccc(CCO)s1. The Kier molecular flexibility index (Phi) is 6.95. The Balaban J connectivity index is 2.55. The third-order valence-corrected chi connectivity index (χ3v) is 5.97. The number of aliphatic hydroxyl groups is 1. The molecule has 0 amide bonds. The molecule has 0 aliphatic carbocycles. The number of nitrogens with one attached hydrogen (secondary N) is 1. The van der Waals surface area contributed by atoms with E-state index in [1.165, 1.54) is 11.3 Å². The van der Waals surface area contributed by atoms with Crippen molar-refractivity contribution in [3.05, 3.63) is 17.0 Å². The quantitative estimate of drug-likeness (QED) is 0.711. The lowest BCUT2D eigenvalue weighted by atomic mass is 10.4. The molecule has 1 aromatic heterocycles. The molecule has 0 atom stereocenters. The summed E-state index contributed by atoms with van der Waals surface area (Å²) in [5.74, 6) is 0. The van der Waals surface area contributed by atoms with Crippen LogP contribution in [0.5, 0.6) is 0 Å². The topological polar surface area (TPSA) is 69.6 Å². The van der Waals surface area contributed by atoms with Gasteiger partial charge in [0.25, 0.3) is 0 Å². The van der Waals surface area contributed by atoms with Crippen molar-refractivity contribution in [3.8, 4) is 0 Å². The highest BCUT2D eigenvalue weighted by atomic mass is 32.2. The molecule has 0 fully saturated rings. The summed E-state index contributed by atoms with van der Waals surface area (Å²) in [6.45, 7) is 7.10. The lowest BCUT2D eigenvalue weighted by Gasteiger charge is -2.17. The standard InChI is InChI=1S/C12H22N2O3S2/c1-3-14(4-2)9-8-13-19(16,17)12-6-5-11(18-12)7-10-15/h5-6,13,15H,3-4,7-10H2,1-2H3. The molecule has 0 bridgehead atoms. The van der Waals surface area contributed by atoms with Crippen LogP contribution in [0.3, 0.4) is 0 Å². The Labute approximate surface area is 119 Å². The number of hydrogen-bond acceptors (Lipinski definition) is 5. The number of rotatable bonds is 9. The molecule has 0 spiro atoms. The molecule has 0 saturated carbocycles. The van der Waals surface area contributed by atoms with E-state index in [2.05, 4.69) is 23.5 Å². The van der Waals surface area contributed by atoms with Crippen LogP contribution < -0.4 is 4.72 Å². The lowest BCUT2D eigenvalue weighted by molar-refractivity contribution is 0.300. The van der Waals surface area contributed by atoms with Crippen molar-refractivity contribution in [2.75, 3.05) is 32.8 Å². The number of hydrogen-bond donors (Lipinski definition) is 2. The number of thiophene rings is 1. The van der Waals surface area contributed by atoms with Gasteiger partial charge in [-0.25, -0.2) is 13.1 Å². The monoisotopic (exact) mass is 306 g/mol. The minimum absolute atomic E-state index is 0.0371. The second kappa shape index (κ2) is 7.96. The first-order valence-electron chi connectivity index (χ1n) is 6.45. The molecule has 110 valence electrons. The van der Waals surface area contributed by atoms with Crippen LogP contribution in [0.4, 0.5) is 0 Å². The molecule has 0 aliphatic heterocycles. The van der Waals surface area contributed by atoms with Crippen LogP contribution >= 0.6 is 11.3 Å². The summed E-state index contributed by atoms with van der Waals surface area (Å²) in [5, 5.41) is 8.82. The molecule has 7 heteroatoms. The van der Waals surface area contributed by atoms with Gasteiger partial charge < -0.3 is 10.0 Å².